The van der Waals surface area contributed by atoms with Gasteiger partial charge in [-0.25, -0.2) is 18.4 Å². The highest BCUT2D eigenvalue weighted by atomic mass is 35.5. The predicted octanol–water partition coefficient (Wildman–Crippen LogP) is 2.58. The van der Waals surface area contributed by atoms with E-state index < -0.39 is 10.0 Å². The van der Waals surface area contributed by atoms with Crippen LogP contribution in [0.1, 0.15) is 0 Å². The third-order valence-electron chi connectivity index (χ3n) is 1.99. The summed E-state index contributed by atoms with van der Waals surface area (Å²) in [6.07, 6.45) is 2.72. The summed E-state index contributed by atoms with van der Waals surface area (Å²) in [6.45, 7) is 0. The van der Waals surface area contributed by atoms with Gasteiger partial charge in [0.1, 0.15) is 10.3 Å². The predicted molar refractivity (Wildman–Crippen MR) is 69.3 cm³/mol. The second-order valence-electron chi connectivity index (χ2n) is 3.29. The molecule has 1 N–H and O–H groups in total. The van der Waals surface area contributed by atoms with Crippen LogP contribution in [-0.4, -0.2) is 18.4 Å². The van der Waals surface area contributed by atoms with Gasteiger partial charge >= 0.3 is 0 Å². The minimum Gasteiger partial charge on any atom is -0.279 e. The molecule has 0 aliphatic heterocycles. The lowest BCUT2D eigenvalue weighted by Gasteiger charge is -2.07. The zero-order valence-corrected chi connectivity index (χ0v) is 11.2. The number of aromatic nitrogens is 2. The van der Waals surface area contributed by atoms with E-state index >= 15 is 0 Å². The minimum absolute atomic E-state index is 0.0236. The average molecular weight is 304 g/mol. The first kappa shape index (κ1) is 13.1. The molecule has 0 amide bonds. The van der Waals surface area contributed by atoms with Crippen LogP contribution in [0.3, 0.4) is 0 Å². The van der Waals surface area contributed by atoms with Gasteiger partial charge < -0.3 is 0 Å². The van der Waals surface area contributed by atoms with Gasteiger partial charge in [0.15, 0.2) is 0 Å². The molecule has 94 valence electrons. The van der Waals surface area contributed by atoms with Gasteiger partial charge in [-0.1, -0.05) is 23.2 Å². The van der Waals surface area contributed by atoms with Crippen molar-refractivity contribution in [3.63, 3.8) is 0 Å². The Morgan fingerprint density at radius 3 is 2.22 bits per heavy atom. The molecule has 0 fully saturated rings. The maximum atomic E-state index is 12.0. The van der Waals surface area contributed by atoms with E-state index in [2.05, 4.69) is 14.7 Å². The lowest BCUT2D eigenvalue weighted by Crippen LogP contribution is -2.13. The number of hydrogen-bond donors (Lipinski definition) is 1. The molecule has 0 aliphatic carbocycles. The quantitative estimate of drug-likeness (QED) is 0.885. The molecule has 0 bridgehead atoms. The van der Waals surface area contributed by atoms with E-state index in [1.165, 1.54) is 36.7 Å². The molecule has 2 rings (SSSR count). The monoisotopic (exact) mass is 303 g/mol. The first-order valence-electron chi connectivity index (χ1n) is 4.73. The third kappa shape index (κ3) is 3.10. The highest BCUT2D eigenvalue weighted by molar-refractivity contribution is 7.92. The maximum absolute atomic E-state index is 12.0. The van der Waals surface area contributed by atoms with Crippen LogP contribution in [0.15, 0.2) is 41.6 Å². The fraction of sp³-hybridized carbons (Fsp3) is 0. The lowest BCUT2D eigenvalue weighted by molar-refractivity contribution is 0.601. The van der Waals surface area contributed by atoms with Crippen LogP contribution in [0.4, 0.5) is 5.69 Å². The van der Waals surface area contributed by atoms with Gasteiger partial charge in [-0.15, -0.1) is 0 Å². The van der Waals surface area contributed by atoms with Crippen LogP contribution < -0.4 is 4.72 Å². The Morgan fingerprint density at radius 1 is 1.00 bits per heavy atom. The normalized spacial score (nSPS) is 11.2. The summed E-state index contributed by atoms with van der Waals surface area (Å²) < 4.78 is 26.4. The molecule has 2 aromatic rings. The van der Waals surface area contributed by atoms with Crippen molar-refractivity contribution in [2.24, 2.45) is 0 Å². The van der Waals surface area contributed by atoms with Crippen molar-refractivity contribution in [3.8, 4) is 0 Å². The van der Waals surface area contributed by atoms with Crippen molar-refractivity contribution in [3.05, 3.63) is 47.0 Å². The number of anilines is 1. The number of rotatable bonds is 3. The van der Waals surface area contributed by atoms with Crippen LogP contribution in [0.25, 0.3) is 0 Å². The SMILES string of the molecule is O=S(=O)(Nc1ccnc(Cl)c1)c1ccnc(Cl)c1. The standard InChI is InChI=1S/C10H7Cl2N3O2S/c11-9-5-7(1-3-13-9)15-18(16,17)8-2-4-14-10(12)6-8/h1-6H,(H,13,15). The van der Waals surface area contributed by atoms with Crippen LogP contribution >= 0.6 is 23.2 Å². The Kier molecular flexibility index (Phi) is 3.70. The van der Waals surface area contributed by atoms with Crippen molar-refractivity contribution >= 4 is 38.9 Å². The second kappa shape index (κ2) is 5.09. The first-order chi connectivity index (χ1) is 8.47. The van der Waals surface area contributed by atoms with Gasteiger partial charge in [0.05, 0.1) is 10.6 Å². The molecule has 0 aromatic carbocycles. The zero-order chi connectivity index (χ0) is 13.2. The molecule has 0 saturated heterocycles. The number of nitrogens with zero attached hydrogens (tertiary/aromatic N) is 2. The third-order valence-corrected chi connectivity index (χ3v) is 3.78. The highest BCUT2D eigenvalue weighted by Gasteiger charge is 2.14. The van der Waals surface area contributed by atoms with E-state index in [-0.39, 0.29) is 15.2 Å². The molecule has 0 unspecified atom stereocenters. The minimum atomic E-state index is -3.71. The van der Waals surface area contributed by atoms with Gasteiger partial charge in [-0.2, -0.15) is 0 Å². The Bertz CT molecular complexity index is 676. The first-order valence-corrected chi connectivity index (χ1v) is 6.97. The van der Waals surface area contributed by atoms with Crippen molar-refractivity contribution in [2.75, 3.05) is 4.72 Å². The Balaban J connectivity index is 2.33. The summed E-state index contributed by atoms with van der Waals surface area (Å²) in [6, 6.07) is 5.50. The number of halogens is 2. The molecule has 18 heavy (non-hydrogen) atoms. The molecular weight excluding hydrogens is 297 g/mol. The topological polar surface area (TPSA) is 72.0 Å². The fourth-order valence-corrected chi connectivity index (χ4v) is 2.71. The summed E-state index contributed by atoms with van der Waals surface area (Å²) in [4.78, 5) is 7.50. The molecule has 0 saturated carbocycles. The van der Waals surface area contributed by atoms with E-state index in [0.717, 1.165) is 0 Å². The fourth-order valence-electron chi connectivity index (χ4n) is 1.23. The molecule has 0 spiro atoms. The van der Waals surface area contributed by atoms with Crippen LogP contribution in [0.5, 0.6) is 0 Å². The average Bonchev–Trinajstić information content (AvgIpc) is 2.28. The number of pyridine rings is 2. The number of hydrogen-bond acceptors (Lipinski definition) is 4. The Labute approximate surface area is 114 Å². The van der Waals surface area contributed by atoms with Gasteiger partial charge in [0.25, 0.3) is 10.0 Å². The molecule has 2 aromatic heterocycles. The van der Waals surface area contributed by atoms with Gasteiger partial charge in [-0.05, 0) is 24.3 Å². The van der Waals surface area contributed by atoms with E-state index in [9.17, 15) is 8.42 Å². The molecule has 0 atom stereocenters. The summed E-state index contributed by atoms with van der Waals surface area (Å²) in [5, 5.41) is 0.300. The van der Waals surface area contributed by atoms with Crippen molar-refractivity contribution in [1.82, 2.24) is 9.97 Å². The van der Waals surface area contributed by atoms with E-state index in [1.54, 1.807) is 0 Å². The zero-order valence-electron chi connectivity index (χ0n) is 8.84. The van der Waals surface area contributed by atoms with E-state index in [0.29, 0.717) is 5.69 Å². The van der Waals surface area contributed by atoms with Crippen LogP contribution in [0, 0.1) is 0 Å². The van der Waals surface area contributed by atoms with E-state index in [4.69, 9.17) is 23.2 Å². The second-order valence-corrected chi connectivity index (χ2v) is 5.74. The van der Waals surface area contributed by atoms with Crippen molar-refractivity contribution in [2.45, 2.75) is 4.90 Å². The Hall–Kier alpha value is -1.37. The number of sulfonamides is 1. The van der Waals surface area contributed by atoms with Crippen molar-refractivity contribution in [1.29, 1.82) is 0 Å². The molecule has 0 radical (unpaired) electrons. The number of nitrogens with one attached hydrogen (secondary N) is 1. The molecule has 8 heteroatoms. The summed E-state index contributed by atoms with van der Waals surface area (Å²) >= 11 is 11.3. The summed E-state index contributed by atoms with van der Waals surface area (Å²) in [7, 11) is -3.71. The molecule has 0 aliphatic rings. The van der Waals surface area contributed by atoms with Gasteiger partial charge in [-0.3, -0.25) is 4.72 Å². The van der Waals surface area contributed by atoms with Gasteiger partial charge in [0, 0.05) is 12.4 Å². The van der Waals surface area contributed by atoms with Gasteiger partial charge in [0.2, 0.25) is 0 Å². The highest BCUT2D eigenvalue weighted by Crippen LogP contribution is 2.19. The molecule has 5 nitrogen and oxygen atoms in total. The largest absolute Gasteiger partial charge is 0.279 e. The van der Waals surface area contributed by atoms with E-state index in [1.807, 2.05) is 0 Å². The maximum Gasteiger partial charge on any atom is 0.262 e. The van der Waals surface area contributed by atoms with Crippen molar-refractivity contribution < 1.29 is 8.42 Å². The molecule has 2 heterocycles. The van der Waals surface area contributed by atoms with Crippen LogP contribution in [0.2, 0.25) is 10.3 Å². The Morgan fingerprint density at radius 2 is 1.61 bits per heavy atom. The van der Waals surface area contributed by atoms with Crippen LogP contribution in [-0.2, 0) is 10.0 Å². The smallest absolute Gasteiger partial charge is 0.262 e. The molecular formula is C10H7Cl2N3O2S. The summed E-state index contributed by atoms with van der Waals surface area (Å²) in [5.74, 6) is 0. The summed E-state index contributed by atoms with van der Waals surface area (Å²) in [5.41, 5.74) is 0.322. The lowest BCUT2D eigenvalue weighted by atomic mass is 10.4.